The molecular formula is C14H12N2O. The van der Waals surface area contributed by atoms with Crippen molar-refractivity contribution in [1.82, 2.24) is 9.38 Å². The molecule has 0 saturated heterocycles. The van der Waals surface area contributed by atoms with Crippen molar-refractivity contribution in [2.45, 2.75) is 0 Å². The van der Waals surface area contributed by atoms with Gasteiger partial charge < -0.3 is 9.14 Å². The van der Waals surface area contributed by atoms with Gasteiger partial charge in [-0.1, -0.05) is 18.2 Å². The second-order valence-corrected chi connectivity index (χ2v) is 3.84. The number of benzene rings is 1. The number of hydrogen-bond acceptors (Lipinski definition) is 2. The van der Waals surface area contributed by atoms with E-state index >= 15 is 0 Å². The molecule has 0 bridgehead atoms. The number of hydrogen-bond donors (Lipinski definition) is 0. The molecule has 3 aromatic rings. The van der Waals surface area contributed by atoms with Crippen LogP contribution in [0.15, 0.2) is 55.1 Å². The van der Waals surface area contributed by atoms with E-state index < -0.39 is 0 Å². The summed E-state index contributed by atoms with van der Waals surface area (Å²) in [5, 5.41) is 0. The van der Waals surface area contributed by atoms with Gasteiger partial charge in [0.1, 0.15) is 5.75 Å². The first-order valence-electron chi connectivity index (χ1n) is 5.43. The summed E-state index contributed by atoms with van der Waals surface area (Å²) in [6.07, 6.45) is 5.67. The molecule has 0 unspecified atom stereocenters. The highest BCUT2D eigenvalue weighted by molar-refractivity contribution is 5.80. The second-order valence-electron chi connectivity index (χ2n) is 3.84. The molecule has 1 aromatic carbocycles. The van der Waals surface area contributed by atoms with Crippen LogP contribution in [0.1, 0.15) is 0 Å². The monoisotopic (exact) mass is 224 g/mol. The van der Waals surface area contributed by atoms with E-state index in [2.05, 4.69) is 17.1 Å². The molecule has 0 radical (unpaired) electrons. The Morgan fingerprint density at radius 3 is 3.00 bits per heavy atom. The van der Waals surface area contributed by atoms with E-state index in [0.717, 1.165) is 22.4 Å². The van der Waals surface area contributed by atoms with Crippen LogP contribution < -0.4 is 4.74 Å². The molecule has 84 valence electrons. The first-order chi connectivity index (χ1) is 8.38. The van der Waals surface area contributed by atoms with Gasteiger partial charge in [-0.3, -0.25) is 0 Å². The van der Waals surface area contributed by atoms with Gasteiger partial charge in [0.2, 0.25) is 0 Å². The number of fused-ring (bicyclic) bond motifs is 1. The summed E-state index contributed by atoms with van der Waals surface area (Å²) in [6, 6.07) is 12.1. The van der Waals surface area contributed by atoms with E-state index in [-0.39, 0.29) is 0 Å². The highest BCUT2D eigenvalue weighted by Gasteiger charge is 2.04. The minimum Gasteiger partial charge on any atom is -0.497 e. The summed E-state index contributed by atoms with van der Waals surface area (Å²) >= 11 is 0. The first-order valence-corrected chi connectivity index (χ1v) is 5.43. The van der Waals surface area contributed by atoms with Crippen molar-refractivity contribution in [2.24, 2.45) is 0 Å². The van der Waals surface area contributed by atoms with Crippen LogP contribution in [0.5, 0.6) is 5.75 Å². The summed E-state index contributed by atoms with van der Waals surface area (Å²) < 4.78 is 7.26. The van der Waals surface area contributed by atoms with E-state index in [1.807, 2.05) is 41.1 Å². The molecule has 0 spiro atoms. The van der Waals surface area contributed by atoms with Crippen LogP contribution in [-0.2, 0) is 0 Å². The minimum absolute atomic E-state index is 0.865. The molecule has 2 heterocycles. The maximum Gasteiger partial charge on any atom is 0.119 e. The van der Waals surface area contributed by atoms with Crippen molar-refractivity contribution in [1.29, 1.82) is 0 Å². The van der Waals surface area contributed by atoms with Crippen LogP contribution in [-0.4, -0.2) is 16.5 Å². The van der Waals surface area contributed by atoms with Crippen molar-refractivity contribution < 1.29 is 4.74 Å². The summed E-state index contributed by atoms with van der Waals surface area (Å²) in [5.41, 5.74) is 3.39. The fraction of sp³-hybridized carbons (Fsp3) is 0.0714. The lowest BCUT2D eigenvalue weighted by Gasteiger charge is -2.06. The lowest BCUT2D eigenvalue weighted by Crippen LogP contribution is -1.87. The Labute approximate surface area is 99.3 Å². The van der Waals surface area contributed by atoms with Crippen LogP contribution in [0.4, 0.5) is 0 Å². The molecular weight excluding hydrogens is 212 g/mol. The van der Waals surface area contributed by atoms with E-state index in [9.17, 15) is 0 Å². The predicted molar refractivity (Wildman–Crippen MR) is 67.2 cm³/mol. The molecule has 0 fully saturated rings. The number of ether oxygens (including phenoxy) is 1. The van der Waals surface area contributed by atoms with E-state index in [1.165, 1.54) is 0 Å². The maximum absolute atomic E-state index is 5.25. The van der Waals surface area contributed by atoms with Gasteiger partial charge in [-0.25, -0.2) is 4.98 Å². The smallest absolute Gasteiger partial charge is 0.119 e. The number of pyridine rings is 1. The first kappa shape index (κ1) is 9.90. The van der Waals surface area contributed by atoms with Crippen molar-refractivity contribution in [3.8, 4) is 16.9 Å². The quantitative estimate of drug-likeness (QED) is 0.669. The van der Waals surface area contributed by atoms with Crippen LogP contribution in [0.25, 0.3) is 16.6 Å². The van der Waals surface area contributed by atoms with Crippen LogP contribution in [0.3, 0.4) is 0 Å². The third-order valence-electron chi connectivity index (χ3n) is 2.83. The molecule has 0 amide bonds. The fourth-order valence-electron chi connectivity index (χ4n) is 1.98. The second kappa shape index (κ2) is 3.94. The summed E-state index contributed by atoms with van der Waals surface area (Å²) in [5.74, 6) is 0.865. The van der Waals surface area contributed by atoms with Crippen molar-refractivity contribution in [3.63, 3.8) is 0 Å². The third kappa shape index (κ3) is 1.65. The molecule has 0 aliphatic carbocycles. The van der Waals surface area contributed by atoms with E-state index in [1.54, 1.807) is 13.4 Å². The lowest BCUT2D eigenvalue weighted by atomic mass is 10.1. The zero-order chi connectivity index (χ0) is 11.7. The molecule has 17 heavy (non-hydrogen) atoms. The Bertz CT molecular complexity index is 658. The zero-order valence-electron chi connectivity index (χ0n) is 9.50. The van der Waals surface area contributed by atoms with Gasteiger partial charge in [0.05, 0.1) is 25.2 Å². The average molecular weight is 224 g/mol. The highest BCUT2D eigenvalue weighted by Crippen LogP contribution is 2.27. The van der Waals surface area contributed by atoms with Crippen LogP contribution >= 0.6 is 0 Å². The normalized spacial score (nSPS) is 10.6. The summed E-state index contributed by atoms with van der Waals surface area (Å²) in [6.45, 7) is 0. The van der Waals surface area contributed by atoms with Crippen molar-refractivity contribution in [2.75, 3.05) is 7.11 Å². The molecule has 0 aliphatic rings. The van der Waals surface area contributed by atoms with Crippen LogP contribution in [0.2, 0.25) is 0 Å². The van der Waals surface area contributed by atoms with E-state index in [4.69, 9.17) is 4.74 Å². The number of aromatic nitrogens is 2. The van der Waals surface area contributed by atoms with Gasteiger partial charge in [-0.05, 0) is 23.8 Å². The van der Waals surface area contributed by atoms with Gasteiger partial charge in [0.25, 0.3) is 0 Å². The highest BCUT2D eigenvalue weighted by atomic mass is 16.5. The number of methoxy groups -OCH3 is 1. The van der Waals surface area contributed by atoms with Gasteiger partial charge in [-0.15, -0.1) is 0 Å². The molecule has 3 heteroatoms. The van der Waals surface area contributed by atoms with Gasteiger partial charge >= 0.3 is 0 Å². The molecule has 3 nitrogen and oxygen atoms in total. The maximum atomic E-state index is 5.25. The number of nitrogens with zero attached hydrogens (tertiary/aromatic N) is 2. The standard InChI is InChI=1S/C14H12N2O/c1-17-12-5-2-4-11(8-12)13-6-3-7-16-10-15-9-14(13)16/h2-10H,1H3. The molecule has 2 aromatic heterocycles. The Morgan fingerprint density at radius 1 is 1.18 bits per heavy atom. The molecule has 3 rings (SSSR count). The zero-order valence-corrected chi connectivity index (χ0v) is 9.50. The fourth-order valence-corrected chi connectivity index (χ4v) is 1.98. The summed E-state index contributed by atoms with van der Waals surface area (Å²) in [7, 11) is 1.68. The SMILES string of the molecule is COc1cccc(-c2cccn3cncc23)c1. The van der Waals surface area contributed by atoms with Crippen LogP contribution in [0, 0.1) is 0 Å². The Kier molecular flexibility index (Phi) is 2.29. The molecule has 0 N–H and O–H groups in total. The average Bonchev–Trinajstić information content (AvgIpc) is 2.87. The van der Waals surface area contributed by atoms with Crippen molar-refractivity contribution in [3.05, 3.63) is 55.1 Å². The Balaban J connectivity index is 2.23. The van der Waals surface area contributed by atoms with Gasteiger partial charge in [-0.2, -0.15) is 0 Å². The molecule has 0 atom stereocenters. The lowest BCUT2D eigenvalue weighted by molar-refractivity contribution is 0.415. The molecule has 0 aliphatic heterocycles. The van der Waals surface area contributed by atoms with Gasteiger partial charge in [0, 0.05) is 11.8 Å². The summed E-state index contributed by atoms with van der Waals surface area (Å²) in [4.78, 5) is 4.16. The minimum atomic E-state index is 0.865. The van der Waals surface area contributed by atoms with Gasteiger partial charge in [0.15, 0.2) is 0 Å². The Hall–Kier alpha value is -2.29. The molecule has 0 saturated carbocycles. The predicted octanol–water partition coefficient (Wildman–Crippen LogP) is 3.01. The van der Waals surface area contributed by atoms with Crippen molar-refractivity contribution >= 4 is 5.52 Å². The Morgan fingerprint density at radius 2 is 2.12 bits per heavy atom. The largest absolute Gasteiger partial charge is 0.497 e. The number of imidazole rings is 1. The van der Waals surface area contributed by atoms with E-state index in [0.29, 0.717) is 0 Å². The number of rotatable bonds is 2. The topological polar surface area (TPSA) is 26.5 Å². The third-order valence-corrected chi connectivity index (χ3v) is 2.83.